The lowest BCUT2D eigenvalue weighted by Crippen LogP contribution is -2.44. The van der Waals surface area contributed by atoms with Crippen molar-refractivity contribution in [1.82, 2.24) is 5.32 Å². The topological polar surface area (TPSA) is 29.1 Å². The number of thiophene rings is 1. The zero-order chi connectivity index (χ0) is 10.8. The average Bonchev–Trinajstić information content (AvgIpc) is 2.64. The monoisotopic (exact) mass is 243 g/mol. The van der Waals surface area contributed by atoms with E-state index in [1.165, 1.54) is 9.75 Å². The predicted molar refractivity (Wildman–Crippen MR) is 66.9 cm³/mol. The molecule has 1 aromatic rings. The smallest absolute Gasteiger partial charge is 0.0534 e. The van der Waals surface area contributed by atoms with Gasteiger partial charge in [0.25, 0.3) is 0 Å². The Labute approximate surface area is 97.5 Å². The van der Waals surface area contributed by atoms with E-state index >= 15 is 0 Å². The molecule has 2 nitrogen and oxygen atoms in total. The SMILES string of the molecule is CCC1CS(=O)CC(c2ccc(C)s2)N1. The molecule has 15 heavy (non-hydrogen) atoms. The van der Waals surface area contributed by atoms with Crippen LogP contribution in [0, 0.1) is 6.92 Å². The molecule has 0 bridgehead atoms. The summed E-state index contributed by atoms with van der Waals surface area (Å²) < 4.78 is 11.7. The van der Waals surface area contributed by atoms with Gasteiger partial charge in [-0.3, -0.25) is 4.21 Å². The fourth-order valence-electron chi connectivity index (χ4n) is 1.90. The Bertz CT molecular complexity index is 361. The molecule has 1 fully saturated rings. The van der Waals surface area contributed by atoms with Crippen molar-refractivity contribution >= 4 is 22.1 Å². The van der Waals surface area contributed by atoms with Crippen molar-refractivity contribution < 1.29 is 4.21 Å². The lowest BCUT2D eigenvalue weighted by Gasteiger charge is -2.29. The molecule has 2 heterocycles. The third-order valence-electron chi connectivity index (χ3n) is 2.77. The van der Waals surface area contributed by atoms with Crippen LogP contribution in [0.2, 0.25) is 0 Å². The first-order chi connectivity index (χ1) is 7.19. The minimum atomic E-state index is -0.647. The van der Waals surface area contributed by atoms with Crippen molar-refractivity contribution in [3.63, 3.8) is 0 Å². The van der Waals surface area contributed by atoms with E-state index in [1.54, 1.807) is 0 Å². The average molecular weight is 243 g/mol. The highest BCUT2D eigenvalue weighted by Crippen LogP contribution is 2.26. The van der Waals surface area contributed by atoms with Gasteiger partial charge in [-0.2, -0.15) is 0 Å². The van der Waals surface area contributed by atoms with E-state index in [4.69, 9.17) is 0 Å². The molecular formula is C11H17NOS2. The van der Waals surface area contributed by atoms with Crippen molar-refractivity contribution in [2.45, 2.75) is 32.4 Å². The number of nitrogens with one attached hydrogen (secondary N) is 1. The lowest BCUT2D eigenvalue weighted by molar-refractivity contribution is 0.460. The minimum Gasteiger partial charge on any atom is -0.305 e. The Morgan fingerprint density at radius 2 is 2.33 bits per heavy atom. The Hall–Kier alpha value is -0.190. The van der Waals surface area contributed by atoms with Crippen LogP contribution >= 0.6 is 11.3 Å². The molecule has 3 unspecified atom stereocenters. The van der Waals surface area contributed by atoms with E-state index in [2.05, 4.69) is 31.3 Å². The van der Waals surface area contributed by atoms with Crippen LogP contribution < -0.4 is 5.32 Å². The van der Waals surface area contributed by atoms with Crippen LogP contribution in [-0.4, -0.2) is 21.8 Å². The number of rotatable bonds is 2. The van der Waals surface area contributed by atoms with Crippen LogP contribution in [0.15, 0.2) is 12.1 Å². The van der Waals surface area contributed by atoms with E-state index < -0.39 is 10.8 Å². The summed E-state index contributed by atoms with van der Waals surface area (Å²) in [5.41, 5.74) is 0. The first-order valence-electron chi connectivity index (χ1n) is 5.36. The van der Waals surface area contributed by atoms with Crippen LogP contribution in [-0.2, 0) is 10.8 Å². The van der Waals surface area contributed by atoms with Crippen LogP contribution in [0.3, 0.4) is 0 Å². The molecule has 0 saturated carbocycles. The number of hydrogen-bond donors (Lipinski definition) is 1. The van der Waals surface area contributed by atoms with E-state index in [1.807, 2.05) is 11.3 Å². The molecule has 0 aromatic carbocycles. The molecule has 84 valence electrons. The van der Waals surface area contributed by atoms with Gasteiger partial charge < -0.3 is 5.32 Å². The third-order valence-corrected chi connectivity index (χ3v) is 5.37. The van der Waals surface area contributed by atoms with Gasteiger partial charge in [-0.05, 0) is 25.5 Å². The first-order valence-corrected chi connectivity index (χ1v) is 7.67. The van der Waals surface area contributed by atoms with Crippen molar-refractivity contribution in [3.05, 3.63) is 21.9 Å². The highest BCUT2D eigenvalue weighted by atomic mass is 32.2. The van der Waals surface area contributed by atoms with E-state index in [0.717, 1.165) is 17.9 Å². The maximum Gasteiger partial charge on any atom is 0.0534 e. The zero-order valence-corrected chi connectivity index (χ0v) is 10.8. The van der Waals surface area contributed by atoms with Crippen molar-refractivity contribution in [3.8, 4) is 0 Å². The second-order valence-corrected chi connectivity index (χ2v) is 6.91. The van der Waals surface area contributed by atoms with Crippen LogP contribution in [0.1, 0.15) is 29.1 Å². The highest BCUT2D eigenvalue weighted by Gasteiger charge is 2.26. The fraction of sp³-hybridized carbons (Fsp3) is 0.636. The van der Waals surface area contributed by atoms with Gasteiger partial charge in [-0.1, -0.05) is 6.92 Å². The zero-order valence-electron chi connectivity index (χ0n) is 9.16. The molecule has 0 radical (unpaired) electrons. The second-order valence-electron chi connectivity index (χ2n) is 4.05. The first kappa shape index (κ1) is 11.3. The van der Waals surface area contributed by atoms with Gasteiger partial charge in [0.2, 0.25) is 0 Å². The van der Waals surface area contributed by atoms with Gasteiger partial charge in [0.1, 0.15) is 0 Å². The van der Waals surface area contributed by atoms with Crippen molar-refractivity contribution in [2.75, 3.05) is 11.5 Å². The van der Waals surface area contributed by atoms with Crippen molar-refractivity contribution in [2.24, 2.45) is 0 Å². The van der Waals surface area contributed by atoms with Gasteiger partial charge in [0, 0.05) is 38.1 Å². The molecule has 0 aliphatic carbocycles. The van der Waals surface area contributed by atoms with Gasteiger partial charge >= 0.3 is 0 Å². The van der Waals surface area contributed by atoms with Crippen molar-refractivity contribution in [1.29, 1.82) is 0 Å². The summed E-state index contributed by atoms with van der Waals surface area (Å²) >= 11 is 1.81. The van der Waals surface area contributed by atoms with Gasteiger partial charge in [0.15, 0.2) is 0 Å². The molecule has 4 heteroatoms. The summed E-state index contributed by atoms with van der Waals surface area (Å²) in [6, 6.07) is 5.03. The summed E-state index contributed by atoms with van der Waals surface area (Å²) in [7, 11) is -0.647. The summed E-state index contributed by atoms with van der Waals surface area (Å²) in [6.07, 6.45) is 1.06. The highest BCUT2D eigenvalue weighted by molar-refractivity contribution is 7.85. The minimum absolute atomic E-state index is 0.309. The maximum atomic E-state index is 11.7. The molecular weight excluding hydrogens is 226 g/mol. The molecule has 1 aliphatic heterocycles. The Morgan fingerprint density at radius 3 is 2.93 bits per heavy atom. The molecule has 1 aromatic heterocycles. The number of aryl methyl sites for hydroxylation is 1. The van der Waals surface area contributed by atoms with Gasteiger partial charge in [0.05, 0.1) is 6.04 Å². The standard InChI is InChI=1S/C11H17NOS2/c1-3-9-6-15(13)7-10(12-9)11-5-4-8(2)14-11/h4-5,9-10,12H,3,6-7H2,1-2H3. The summed E-state index contributed by atoms with van der Waals surface area (Å²) in [4.78, 5) is 2.66. The largest absolute Gasteiger partial charge is 0.305 e. The Balaban J connectivity index is 2.12. The van der Waals surface area contributed by atoms with E-state index in [0.29, 0.717) is 12.1 Å². The second kappa shape index (κ2) is 4.76. The lowest BCUT2D eigenvalue weighted by atomic mass is 10.2. The van der Waals surface area contributed by atoms with Crippen LogP contribution in [0.25, 0.3) is 0 Å². The summed E-state index contributed by atoms with van der Waals surface area (Å²) in [5.74, 6) is 1.59. The molecule has 1 N–H and O–H groups in total. The molecule has 1 aliphatic rings. The van der Waals surface area contributed by atoms with Gasteiger partial charge in [-0.15, -0.1) is 11.3 Å². The Morgan fingerprint density at radius 1 is 1.53 bits per heavy atom. The maximum absolute atomic E-state index is 11.7. The number of hydrogen-bond acceptors (Lipinski definition) is 3. The molecule has 1 saturated heterocycles. The quantitative estimate of drug-likeness (QED) is 0.863. The summed E-state index contributed by atoms with van der Waals surface area (Å²) in [6.45, 7) is 4.27. The fourth-order valence-corrected chi connectivity index (χ4v) is 4.51. The predicted octanol–water partition coefficient (Wildman–Crippen LogP) is 2.23. The summed E-state index contributed by atoms with van der Waals surface area (Å²) in [5, 5.41) is 3.58. The van der Waals surface area contributed by atoms with E-state index in [-0.39, 0.29) is 0 Å². The third kappa shape index (κ3) is 2.68. The normalized spacial score (nSPS) is 31.7. The van der Waals surface area contributed by atoms with Crippen LogP contribution in [0.4, 0.5) is 0 Å². The van der Waals surface area contributed by atoms with E-state index in [9.17, 15) is 4.21 Å². The molecule has 3 atom stereocenters. The van der Waals surface area contributed by atoms with Gasteiger partial charge in [-0.25, -0.2) is 0 Å². The molecule has 0 amide bonds. The molecule has 0 spiro atoms. The van der Waals surface area contributed by atoms with Crippen LogP contribution in [0.5, 0.6) is 0 Å². The Kier molecular flexibility index (Phi) is 3.59. The molecule has 2 rings (SSSR count).